The lowest BCUT2D eigenvalue weighted by molar-refractivity contribution is 0.102. The Hall–Kier alpha value is -2.46. The molecule has 0 radical (unpaired) electrons. The van der Waals surface area contributed by atoms with Crippen LogP contribution in [-0.2, 0) is 0 Å². The molecule has 22 heavy (non-hydrogen) atoms. The third-order valence-electron chi connectivity index (χ3n) is 3.57. The van der Waals surface area contributed by atoms with Crippen LogP contribution in [0.1, 0.15) is 21.5 Å². The number of benzene rings is 1. The predicted octanol–water partition coefficient (Wildman–Crippen LogP) is 4.68. The second-order valence-corrected chi connectivity index (χ2v) is 6.08. The lowest BCUT2D eigenvalue weighted by atomic mass is 10.1. The van der Waals surface area contributed by atoms with Gasteiger partial charge in [0.2, 0.25) is 0 Å². The Morgan fingerprint density at radius 2 is 1.95 bits per heavy atom. The number of hydrogen-bond acceptors (Lipinski definition) is 3. The molecule has 0 saturated carbocycles. The predicted molar refractivity (Wildman–Crippen MR) is 91.4 cm³/mol. The van der Waals surface area contributed by atoms with Crippen molar-refractivity contribution in [2.24, 2.45) is 0 Å². The van der Waals surface area contributed by atoms with Gasteiger partial charge in [0, 0.05) is 11.9 Å². The molecule has 0 bridgehead atoms. The smallest absolute Gasteiger partial charge is 0.257 e. The fourth-order valence-electron chi connectivity index (χ4n) is 2.22. The van der Waals surface area contributed by atoms with Gasteiger partial charge in [-0.05, 0) is 60.7 Å². The maximum atomic E-state index is 12.6. The zero-order valence-corrected chi connectivity index (χ0v) is 13.3. The number of hydrogen-bond donors (Lipinski definition) is 1. The molecule has 0 unspecified atom stereocenters. The largest absolute Gasteiger partial charge is 0.322 e. The molecule has 3 aromatic rings. The Morgan fingerprint density at radius 1 is 1.09 bits per heavy atom. The van der Waals surface area contributed by atoms with Crippen LogP contribution in [0.4, 0.5) is 5.69 Å². The molecule has 0 atom stereocenters. The van der Waals surface area contributed by atoms with Crippen LogP contribution < -0.4 is 5.32 Å². The number of carbonyl (C=O) groups excluding carboxylic acids is 1. The summed E-state index contributed by atoms with van der Waals surface area (Å²) in [6.07, 6.45) is 1.71. The maximum Gasteiger partial charge on any atom is 0.257 e. The van der Waals surface area contributed by atoms with Crippen molar-refractivity contribution in [2.45, 2.75) is 13.8 Å². The molecule has 2 heterocycles. The summed E-state index contributed by atoms with van der Waals surface area (Å²) in [5, 5.41) is 4.94. The highest BCUT2D eigenvalue weighted by Crippen LogP contribution is 2.26. The number of nitrogens with zero attached hydrogens (tertiary/aromatic N) is 1. The van der Waals surface area contributed by atoms with Crippen molar-refractivity contribution in [3.8, 4) is 10.6 Å². The molecule has 1 aromatic carbocycles. The average molecular weight is 308 g/mol. The van der Waals surface area contributed by atoms with E-state index in [-0.39, 0.29) is 5.91 Å². The van der Waals surface area contributed by atoms with E-state index in [9.17, 15) is 4.79 Å². The summed E-state index contributed by atoms with van der Waals surface area (Å²) in [7, 11) is 0. The Labute approximate surface area is 133 Å². The van der Waals surface area contributed by atoms with Gasteiger partial charge in [-0.2, -0.15) is 0 Å². The fraction of sp³-hybridized carbons (Fsp3) is 0.111. The summed E-state index contributed by atoms with van der Waals surface area (Å²) in [5.74, 6) is -0.139. The van der Waals surface area contributed by atoms with E-state index in [2.05, 4.69) is 17.2 Å². The van der Waals surface area contributed by atoms with Crippen LogP contribution in [0.3, 0.4) is 0 Å². The van der Waals surface area contributed by atoms with Crippen molar-refractivity contribution < 1.29 is 4.79 Å². The fourth-order valence-corrected chi connectivity index (χ4v) is 2.95. The Kier molecular flexibility index (Phi) is 4.02. The average Bonchev–Trinajstić information content (AvgIpc) is 3.05. The van der Waals surface area contributed by atoms with Crippen LogP contribution in [0.2, 0.25) is 0 Å². The van der Waals surface area contributed by atoms with Crippen molar-refractivity contribution in [1.82, 2.24) is 4.98 Å². The molecule has 0 aliphatic carbocycles. The van der Waals surface area contributed by atoms with Crippen LogP contribution in [-0.4, -0.2) is 10.9 Å². The summed E-state index contributed by atoms with van der Waals surface area (Å²) in [4.78, 5) is 17.9. The summed E-state index contributed by atoms with van der Waals surface area (Å²) in [5.41, 5.74) is 4.47. The first-order chi connectivity index (χ1) is 10.6. The molecular formula is C18H16N2OS. The third-order valence-corrected chi connectivity index (χ3v) is 4.45. The minimum atomic E-state index is -0.139. The van der Waals surface area contributed by atoms with E-state index in [1.54, 1.807) is 29.7 Å². The third kappa shape index (κ3) is 2.92. The zero-order chi connectivity index (χ0) is 15.5. The van der Waals surface area contributed by atoms with Crippen molar-refractivity contribution in [2.75, 3.05) is 5.32 Å². The molecular weight excluding hydrogens is 292 g/mol. The molecule has 110 valence electrons. The SMILES string of the molecule is Cc1ccc(NC(=O)c2cccnc2-c2cccs2)cc1C. The number of thiophene rings is 1. The van der Waals surface area contributed by atoms with Gasteiger partial charge in [-0.3, -0.25) is 9.78 Å². The van der Waals surface area contributed by atoms with Gasteiger partial charge in [0.05, 0.1) is 16.1 Å². The lowest BCUT2D eigenvalue weighted by Gasteiger charge is -2.10. The number of aryl methyl sites for hydroxylation is 2. The van der Waals surface area contributed by atoms with Gasteiger partial charge in [-0.25, -0.2) is 0 Å². The van der Waals surface area contributed by atoms with Gasteiger partial charge < -0.3 is 5.32 Å². The van der Waals surface area contributed by atoms with Crippen molar-refractivity contribution in [1.29, 1.82) is 0 Å². The van der Waals surface area contributed by atoms with Crippen LogP contribution in [0.5, 0.6) is 0 Å². The summed E-state index contributed by atoms with van der Waals surface area (Å²) in [6.45, 7) is 4.09. The van der Waals surface area contributed by atoms with Crippen molar-refractivity contribution in [3.05, 3.63) is 70.7 Å². The number of aromatic nitrogens is 1. The molecule has 0 spiro atoms. The highest BCUT2D eigenvalue weighted by atomic mass is 32.1. The van der Waals surface area contributed by atoms with Crippen LogP contribution in [0.15, 0.2) is 54.0 Å². The molecule has 0 aliphatic rings. The first kappa shape index (κ1) is 14.5. The minimum absolute atomic E-state index is 0.139. The van der Waals surface area contributed by atoms with Gasteiger partial charge >= 0.3 is 0 Å². The normalized spacial score (nSPS) is 10.5. The summed E-state index contributed by atoms with van der Waals surface area (Å²) in [6, 6.07) is 13.4. The maximum absolute atomic E-state index is 12.6. The second-order valence-electron chi connectivity index (χ2n) is 5.13. The molecule has 2 aromatic heterocycles. The quantitative estimate of drug-likeness (QED) is 0.763. The molecule has 1 amide bonds. The van der Waals surface area contributed by atoms with Gasteiger partial charge in [0.1, 0.15) is 0 Å². The molecule has 0 saturated heterocycles. The van der Waals surface area contributed by atoms with Crippen LogP contribution in [0.25, 0.3) is 10.6 Å². The summed E-state index contributed by atoms with van der Waals surface area (Å²) >= 11 is 1.58. The standard InChI is InChI=1S/C18H16N2OS/c1-12-7-8-14(11-13(12)2)20-18(21)15-5-3-9-19-17(15)16-6-4-10-22-16/h3-11H,1-2H3,(H,20,21). The van der Waals surface area contributed by atoms with Crippen molar-refractivity contribution >= 4 is 22.9 Å². The van der Waals surface area contributed by atoms with Crippen LogP contribution >= 0.6 is 11.3 Å². The molecule has 3 rings (SSSR count). The van der Waals surface area contributed by atoms with E-state index < -0.39 is 0 Å². The molecule has 0 fully saturated rings. The molecule has 1 N–H and O–H groups in total. The van der Waals surface area contributed by atoms with E-state index in [0.29, 0.717) is 5.56 Å². The number of amides is 1. The van der Waals surface area contributed by atoms with Crippen molar-refractivity contribution in [3.63, 3.8) is 0 Å². The number of pyridine rings is 1. The first-order valence-corrected chi connectivity index (χ1v) is 7.90. The molecule has 3 nitrogen and oxygen atoms in total. The van der Waals surface area contributed by atoms with Gasteiger partial charge in [-0.1, -0.05) is 12.1 Å². The highest BCUT2D eigenvalue weighted by molar-refractivity contribution is 7.13. The van der Waals surface area contributed by atoms with Gasteiger partial charge in [0.15, 0.2) is 0 Å². The topological polar surface area (TPSA) is 42.0 Å². The van der Waals surface area contributed by atoms with E-state index in [1.807, 2.05) is 42.6 Å². The van der Waals surface area contributed by atoms with Gasteiger partial charge in [-0.15, -0.1) is 11.3 Å². The highest BCUT2D eigenvalue weighted by Gasteiger charge is 2.14. The lowest BCUT2D eigenvalue weighted by Crippen LogP contribution is -2.13. The number of carbonyl (C=O) groups is 1. The Bertz CT molecular complexity index is 810. The van der Waals surface area contributed by atoms with Crippen LogP contribution in [0, 0.1) is 13.8 Å². The van der Waals surface area contributed by atoms with E-state index in [4.69, 9.17) is 0 Å². The first-order valence-electron chi connectivity index (χ1n) is 7.02. The number of rotatable bonds is 3. The monoisotopic (exact) mass is 308 g/mol. The summed E-state index contributed by atoms with van der Waals surface area (Å²) < 4.78 is 0. The van der Waals surface area contributed by atoms with E-state index in [0.717, 1.165) is 21.8 Å². The number of anilines is 1. The Balaban J connectivity index is 1.91. The Morgan fingerprint density at radius 3 is 2.68 bits per heavy atom. The zero-order valence-electron chi connectivity index (χ0n) is 12.5. The second kappa shape index (κ2) is 6.12. The minimum Gasteiger partial charge on any atom is -0.322 e. The number of nitrogens with one attached hydrogen (secondary N) is 1. The van der Waals surface area contributed by atoms with Gasteiger partial charge in [0.25, 0.3) is 5.91 Å². The van der Waals surface area contributed by atoms with E-state index in [1.165, 1.54) is 5.56 Å². The van der Waals surface area contributed by atoms with E-state index >= 15 is 0 Å². The molecule has 0 aliphatic heterocycles. The molecule has 4 heteroatoms.